The van der Waals surface area contributed by atoms with Crippen LogP contribution in [0.3, 0.4) is 0 Å². The summed E-state index contributed by atoms with van der Waals surface area (Å²) in [6.07, 6.45) is 4.43. The van der Waals surface area contributed by atoms with Crippen molar-refractivity contribution in [2.75, 3.05) is 33.0 Å². The summed E-state index contributed by atoms with van der Waals surface area (Å²) in [4.78, 5) is 13.4. The Bertz CT molecular complexity index is 740. The maximum absolute atomic E-state index is 13.4. The van der Waals surface area contributed by atoms with Crippen molar-refractivity contribution >= 4 is 5.97 Å². The van der Waals surface area contributed by atoms with Crippen molar-refractivity contribution in [3.8, 4) is 0 Å². The minimum absolute atomic E-state index is 0.194. The molecule has 6 atom stereocenters. The van der Waals surface area contributed by atoms with E-state index < -0.39 is 112 Å². The van der Waals surface area contributed by atoms with E-state index in [9.17, 15) is 61.0 Å². The van der Waals surface area contributed by atoms with Gasteiger partial charge in [0.15, 0.2) is 0 Å². The molecule has 0 aromatic heterocycles. The van der Waals surface area contributed by atoms with Crippen LogP contribution in [0.4, 0.5) is 0 Å². The number of carboxylic acid groups (broad SMARTS) is 1. The Morgan fingerprint density at radius 3 is 1.40 bits per heavy atom. The molecule has 12 heteroatoms. The maximum Gasteiger partial charge on any atom is 0.310 e. The molecule has 0 aromatic rings. The second kappa shape index (κ2) is 24.9. The summed E-state index contributed by atoms with van der Waals surface area (Å²) >= 11 is 0. The molecule has 45 heavy (non-hydrogen) atoms. The van der Waals surface area contributed by atoms with Crippen LogP contribution < -0.4 is 0 Å². The van der Waals surface area contributed by atoms with Crippen LogP contribution in [0, 0.1) is 16.7 Å². The summed E-state index contributed by atoms with van der Waals surface area (Å²) in [5, 5.41) is 113. The molecule has 0 radical (unpaired) electrons. The first-order valence-electron chi connectivity index (χ1n) is 16.8. The van der Waals surface area contributed by atoms with Gasteiger partial charge < -0.3 is 56.2 Å². The minimum Gasteiger partial charge on any atom is -0.481 e. The lowest BCUT2D eigenvalue weighted by molar-refractivity contribution is -0.188. The fourth-order valence-corrected chi connectivity index (χ4v) is 6.93. The zero-order valence-corrected chi connectivity index (χ0v) is 27.3. The van der Waals surface area contributed by atoms with E-state index in [1.165, 1.54) is 32.1 Å². The van der Waals surface area contributed by atoms with E-state index in [1.54, 1.807) is 0 Å². The zero-order chi connectivity index (χ0) is 34.3. The second-order valence-electron chi connectivity index (χ2n) is 12.8. The molecule has 0 amide bonds. The Kier molecular flexibility index (Phi) is 24.3. The highest BCUT2D eigenvalue weighted by molar-refractivity contribution is 5.76. The maximum atomic E-state index is 13.4. The number of hydrogen-bond donors (Lipinski definition) is 11. The molecule has 0 bridgehead atoms. The number of carboxylic acids is 1. The summed E-state index contributed by atoms with van der Waals surface area (Å²) in [5.41, 5.74) is -4.06. The van der Waals surface area contributed by atoms with Crippen LogP contribution >= 0.6 is 0 Å². The van der Waals surface area contributed by atoms with Gasteiger partial charge in [-0.15, -0.1) is 0 Å². The molecule has 12 nitrogen and oxygen atoms in total. The predicted octanol–water partition coefficient (Wildman–Crippen LogP) is 1.24. The Labute approximate surface area is 269 Å². The van der Waals surface area contributed by atoms with Gasteiger partial charge >= 0.3 is 5.97 Å². The van der Waals surface area contributed by atoms with Gasteiger partial charge in [0, 0.05) is 0 Å². The molecule has 6 unspecified atom stereocenters. The van der Waals surface area contributed by atoms with Crippen LogP contribution in [0.5, 0.6) is 0 Å². The molecule has 0 saturated heterocycles. The van der Waals surface area contributed by atoms with E-state index in [0.717, 1.165) is 19.3 Å². The fourth-order valence-electron chi connectivity index (χ4n) is 6.93. The van der Waals surface area contributed by atoms with Gasteiger partial charge in [0.05, 0.1) is 69.0 Å². The molecule has 0 saturated carbocycles. The van der Waals surface area contributed by atoms with Crippen LogP contribution in [-0.2, 0) is 4.79 Å². The van der Waals surface area contributed by atoms with Gasteiger partial charge in [-0.2, -0.15) is 0 Å². The zero-order valence-electron chi connectivity index (χ0n) is 27.3. The third-order valence-electron chi connectivity index (χ3n) is 9.19. The highest BCUT2D eigenvalue weighted by Gasteiger charge is 2.61. The second-order valence-corrected chi connectivity index (χ2v) is 12.8. The van der Waals surface area contributed by atoms with Gasteiger partial charge in [0.1, 0.15) is 0 Å². The number of unbranched alkanes of at least 4 members (excludes halogenated alkanes) is 8. The van der Waals surface area contributed by atoms with Crippen LogP contribution in [0.2, 0.25) is 0 Å². The first-order chi connectivity index (χ1) is 21.4. The van der Waals surface area contributed by atoms with Crippen molar-refractivity contribution < 1.29 is 61.0 Å². The van der Waals surface area contributed by atoms with Crippen molar-refractivity contribution in [2.24, 2.45) is 16.7 Å². The number of aliphatic hydroxyl groups excluding tert-OH is 10. The molecule has 268 valence electrons. The standard InChI is InChI=1S/C33H64O12/c1-2-3-4-5-6-7-8-9-10-11-12-13-14-25(15-26(39)20-34)32(16-27(40)21-35,17-28(41)22-36)33(31(44)45,18-29(42)23-37)19-30(43)24-38/h9-10,25-30,34-43H,2-8,11-24H2,1H3,(H,44,45)/b10-9-. The normalized spacial score (nSPS) is 19.0. The van der Waals surface area contributed by atoms with Crippen molar-refractivity contribution in [2.45, 2.75) is 140 Å². The van der Waals surface area contributed by atoms with Crippen LogP contribution in [0.25, 0.3) is 0 Å². The van der Waals surface area contributed by atoms with E-state index in [4.69, 9.17) is 0 Å². The lowest BCUT2D eigenvalue weighted by Crippen LogP contribution is -2.58. The number of hydrogen-bond acceptors (Lipinski definition) is 11. The fraction of sp³-hybridized carbons (Fsp3) is 0.909. The number of aliphatic hydroxyl groups is 10. The first-order valence-corrected chi connectivity index (χ1v) is 16.8. The summed E-state index contributed by atoms with van der Waals surface area (Å²) in [7, 11) is 0. The van der Waals surface area contributed by atoms with E-state index in [2.05, 4.69) is 19.1 Å². The average Bonchev–Trinajstić information content (AvgIpc) is 3.03. The van der Waals surface area contributed by atoms with Gasteiger partial charge in [0.25, 0.3) is 0 Å². The van der Waals surface area contributed by atoms with Crippen molar-refractivity contribution in [3.05, 3.63) is 12.2 Å². The van der Waals surface area contributed by atoms with Gasteiger partial charge in [0.2, 0.25) is 0 Å². The van der Waals surface area contributed by atoms with Crippen LogP contribution in [0.15, 0.2) is 12.2 Å². The Morgan fingerprint density at radius 1 is 0.578 bits per heavy atom. The Hall–Kier alpha value is -1.19. The molecule has 0 aliphatic heterocycles. The summed E-state index contributed by atoms with van der Waals surface area (Å²) < 4.78 is 0. The molecule has 0 aliphatic carbocycles. The quantitative estimate of drug-likeness (QED) is 0.0388. The largest absolute Gasteiger partial charge is 0.481 e. The lowest BCUT2D eigenvalue weighted by Gasteiger charge is -2.55. The van der Waals surface area contributed by atoms with E-state index in [-0.39, 0.29) is 12.8 Å². The highest BCUT2D eigenvalue weighted by Crippen LogP contribution is 2.59. The first kappa shape index (κ1) is 43.8. The SMILES string of the molecule is CCCCCCCC/C=C\CCCCC(CC(O)CO)C(CC(O)CO)(CC(O)CO)C(CC(O)CO)(CC(O)CO)C(=O)O. The number of allylic oxidation sites excluding steroid dienone is 2. The van der Waals surface area contributed by atoms with E-state index in [0.29, 0.717) is 12.8 Å². The minimum atomic E-state index is -2.24. The van der Waals surface area contributed by atoms with Crippen LogP contribution in [-0.4, -0.2) is 126 Å². The van der Waals surface area contributed by atoms with Gasteiger partial charge in [-0.05, 0) is 75.5 Å². The number of rotatable bonds is 30. The summed E-state index contributed by atoms with van der Waals surface area (Å²) in [6.45, 7) is -1.77. The Balaban J connectivity index is 6.60. The van der Waals surface area contributed by atoms with E-state index in [1.807, 2.05) is 0 Å². The topological polar surface area (TPSA) is 240 Å². The molecule has 0 fully saturated rings. The molecule has 0 aromatic carbocycles. The third-order valence-corrected chi connectivity index (χ3v) is 9.19. The van der Waals surface area contributed by atoms with Crippen molar-refractivity contribution in [1.82, 2.24) is 0 Å². The summed E-state index contributed by atoms with van der Waals surface area (Å²) in [6, 6.07) is 0. The third kappa shape index (κ3) is 15.5. The van der Waals surface area contributed by atoms with Gasteiger partial charge in [-0.1, -0.05) is 57.6 Å². The monoisotopic (exact) mass is 652 g/mol. The lowest BCUT2D eigenvalue weighted by atomic mass is 9.48. The van der Waals surface area contributed by atoms with Crippen molar-refractivity contribution in [3.63, 3.8) is 0 Å². The molecule has 0 spiro atoms. The molecule has 11 N–H and O–H groups in total. The van der Waals surface area contributed by atoms with Gasteiger partial charge in [-0.25, -0.2) is 0 Å². The number of aliphatic carboxylic acids is 1. The van der Waals surface area contributed by atoms with Gasteiger partial charge in [-0.3, -0.25) is 4.79 Å². The van der Waals surface area contributed by atoms with Crippen LogP contribution in [0.1, 0.15) is 110 Å². The molecular formula is C33H64O12. The average molecular weight is 653 g/mol. The molecule has 0 aliphatic rings. The highest BCUT2D eigenvalue weighted by atomic mass is 16.4. The number of carbonyl (C=O) groups is 1. The Morgan fingerprint density at radius 2 is 0.978 bits per heavy atom. The summed E-state index contributed by atoms with van der Waals surface area (Å²) in [5.74, 6) is -2.44. The van der Waals surface area contributed by atoms with E-state index >= 15 is 0 Å². The smallest absolute Gasteiger partial charge is 0.310 e. The van der Waals surface area contributed by atoms with Crippen molar-refractivity contribution in [1.29, 1.82) is 0 Å². The molecule has 0 rings (SSSR count). The predicted molar refractivity (Wildman–Crippen MR) is 170 cm³/mol. The molecular weight excluding hydrogens is 588 g/mol. The molecule has 0 heterocycles.